The molecule has 1 unspecified atom stereocenters. The number of likely N-dealkylation sites (N-methyl/N-ethyl adjacent to an activating group) is 1. The topological polar surface area (TPSA) is 75.5 Å². The highest BCUT2D eigenvalue weighted by Gasteiger charge is 2.32. The quantitative estimate of drug-likeness (QED) is 0.764. The van der Waals surface area contributed by atoms with Crippen LogP contribution in [0.1, 0.15) is 25.7 Å². The molecular weight excluding hydrogens is 304 g/mol. The third-order valence-electron chi connectivity index (χ3n) is 4.19. The maximum Gasteiger partial charge on any atom is 0.237 e. The number of carbonyl (C=O) groups excluding carboxylic acids is 1. The van der Waals surface area contributed by atoms with E-state index in [1.165, 1.54) is 0 Å². The van der Waals surface area contributed by atoms with E-state index in [1.54, 1.807) is 18.0 Å². The van der Waals surface area contributed by atoms with E-state index >= 15 is 0 Å². The number of aryl methyl sites for hydroxylation is 1. The van der Waals surface area contributed by atoms with Crippen LogP contribution < -0.4 is 0 Å². The van der Waals surface area contributed by atoms with Gasteiger partial charge in [0.05, 0.1) is 6.04 Å². The first-order valence-electron chi connectivity index (χ1n) is 7.57. The molecule has 8 heteroatoms. The van der Waals surface area contributed by atoms with Crippen LogP contribution in [-0.4, -0.2) is 71.4 Å². The van der Waals surface area contributed by atoms with Gasteiger partial charge in [-0.15, -0.1) is 0 Å². The van der Waals surface area contributed by atoms with Crippen LogP contribution in [0.5, 0.6) is 0 Å². The smallest absolute Gasteiger partial charge is 0.237 e. The molecule has 0 saturated carbocycles. The Morgan fingerprint density at radius 3 is 2.64 bits per heavy atom. The number of rotatable bonds is 5. The van der Waals surface area contributed by atoms with Gasteiger partial charge >= 0.3 is 0 Å². The molecule has 0 aromatic carbocycles. The molecular formula is C14H24N4O3S. The van der Waals surface area contributed by atoms with Crippen LogP contribution in [-0.2, 0) is 21.7 Å². The molecule has 1 aromatic rings. The van der Waals surface area contributed by atoms with E-state index < -0.39 is 15.6 Å². The highest BCUT2D eigenvalue weighted by Crippen LogP contribution is 2.23. The molecule has 124 valence electrons. The van der Waals surface area contributed by atoms with Gasteiger partial charge in [0.2, 0.25) is 5.91 Å². The molecule has 0 aliphatic carbocycles. The molecule has 1 aliphatic heterocycles. The summed E-state index contributed by atoms with van der Waals surface area (Å²) >= 11 is 0. The van der Waals surface area contributed by atoms with Crippen LogP contribution in [0.2, 0.25) is 0 Å². The van der Waals surface area contributed by atoms with Crippen molar-refractivity contribution in [2.75, 3.05) is 37.7 Å². The number of aromatic nitrogens is 2. The minimum Gasteiger partial charge on any atom is -0.338 e. The fraction of sp³-hybridized carbons (Fsp3) is 0.714. The third kappa shape index (κ3) is 3.67. The summed E-state index contributed by atoms with van der Waals surface area (Å²) in [7, 11) is -1.36. The molecule has 0 bridgehead atoms. The van der Waals surface area contributed by atoms with E-state index in [0.29, 0.717) is 13.1 Å². The predicted octanol–water partition coefficient (Wildman–Crippen LogP) is 0.0600. The molecule has 1 atom stereocenters. The van der Waals surface area contributed by atoms with Crippen molar-refractivity contribution < 1.29 is 13.2 Å². The molecule has 0 spiro atoms. The van der Waals surface area contributed by atoms with Crippen molar-refractivity contribution in [1.82, 2.24) is 19.4 Å². The van der Waals surface area contributed by atoms with Gasteiger partial charge in [-0.3, -0.25) is 9.69 Å². The predicted molar refractivity (Wildman–Crippen MR) is 84.1 cm³/mol. The Balaban J connectivity index is 2.14. The van der Waals surface area contributed by atoms with Crippen molar-refractivity contribution in [3.05, 3.63) is 18.2 Å². The van der Waals surface area contributed by atoms with Gasteiger partial charge in [0.25, 0.3) is 0 Å². The van der Waals surface area contributed by atoms with Gasteiger partial charge in [-0.05, 0) is 6.54 Å². The highest BCUT2D eigenvalue weighted by atomic mass is 32.2. The van der Waals surface area contributed by atoms with Gasteiger partial charge < -0.3 is 9.47 Å². The van der Waals surface area contributed by atoms with E-state index in [-0.39, 0.29) is 17.7 Å². The number of hydrogen-bond donors (Lipinski definition) is 0. The first-order chi connectivity index (χ1) is 10.4. The summed E-state index contributed by atoms with van der Waals surface area (Å²) in [5.74, 6) is 0.189. The first kappa shape index (κ1) is 17.0. The lowest BCUT2D eigenvalue weighted by atomic mass is 10.1. The Morgan fingerprint density at radius 2 is 2.09 bits per heavy atom. The van der Waals surface area contributed by atoms with Crippen LogP contribution in [0.3, 0.4) is 0 Å². The van der Waals surface area contributed by atoms with E-state index in [1.807, 2.05) is 17.8 Å². The number of piperazine rings is 1. The van der Waals surface area contributed by atoms with Gasteiger partial charge in [-0.2, -0.15) is 0 Å². The Morgan fingerprint density at radius 1 is 1.36 bits per heavy atom. The molecule has 2 heterocycles. The summed E-state index contributed by atoms with van der Waals surface area (Å²) in [6.07, 6.45) is 3.62. The molecule has 22 heavy (non-hydrogen) atoms. The normalized spacial score (nSPS) is 20.3. The summed E-state index contributed by atoms with van der Waals surface area (Å²) in [6.45, 7) is 6.28. The SMILES string of the molecule is CCN1CCN(C(=O)CS(=O)(=O)CC)CC1c1nccn1C. The summed E-state index contributed by atoms with van der Waals surface area (Å²) in [5, 5.41) is 0. The van der Waals surface area contributed by atoms with Crippen molar-refractivity contribution in [3.63, 3.8) is 0 Å². The number of carbonyl (C=O) groups is 1. The molecule has 1 aliphatic rings. The fourth-order valence-electron chi connectivity index (χ4n) is 2.75. The molecule has 1 saturated heterocycles. The Kier molecular flexibility index (Phi) is 5.23. The Labute approximate surface area is 131 Å². The zero-order valence-electron chi connectivity index (χ0n) is 13.4. The molecule has 2 rings (SSSR count). The molecule has 7 nitrogen and oxygen atoms in total. The number of imidazole rings is 1. The zero-order valence-corrected chi connectivity index (χ0v) is 14.2. The van der Waals surface area contributed by atoms with E-state index in [9.17, 15) is 13.2 Å². The largest absolute Gasteiger partial charge is 0.338 e. The van der Waals surface area contributed by atoms with Crippen molar-refractivity contribution >= 4 is 15.7 Å². The van der Waals surface area contributed by atoms with Gasteiger partial charge in [0.15, 0.2) is 9.84 Å². The van der Waals surface area contributed by atoms with Gasteiger partial charge in [-0.25, -0.2) is 13.4 Å². The summed E-state index contributed by atoms with van der Waals surface area (Å²) in [6, 6.07) is 0.00651. The zero-order chi connectivity index (χ0) is 16.3. The summed E-state index contributed by atoms with van der Waals surface area (Å²) in [5.41, 5.74) is 0. The number of hydrogen-bond acceptors (Lipinski definition) is 5. The standard InChI is InChI=1S/C14H24N4O3S/c1-4-17-8-9-18(13(19)11-22(20,21)5-2)10-12(17)14-15-6-7-16(14)3/h6-7,12H,4-5,8-11H2,1-3H3. The van der Waals surface area contributed by atoms with Crippen LogP contribution >= 0.6 is 0 Å². The van der Waals surface area contributed by atoms with Crippen molar-refractivity contribution in [2.45, 2.75) is 19.9 Å². The van der Waals surface area contributed by atoms with E-state index in [0.717, 1.165) is 18.9 Å². The summed E-state index contributed by atoms with van der Waals surface area (Å²) < 4.78 is 25.3. The average Bonchev–Trinajstić information content (AvgIpc) is 2.92. The maximum atomic E-state index is 12.3. The summed E-state index contributed by atoms with van der Waals surface area (Å²) in [4.78, 5) is 20.6. The van der Waals surface area contributed by atoms with Gasteiger partial charge in [-0.1, -0.05) is 13.8 Å². The van der Waals surface area contributed by atoms with Gasteiger partial charge in [0, 0.05) is 44.8 Å². The van der Waals surface area contributed by atoms with E-state index in [2.05, 4.69) is 16.8 Å². The molecule has 0 N–H and O–H groups in total. The maximum absolute atomic E-state index is 12.3. The molecule has 1 amide bonds. The molecule has 1 aromatic heterocycles. The van der Waals surface area contributed by atoms with Crippen LogP contribution in [0.25, 0.3) is 0 Å². The van der Waals surface area contributed by atoms with Crippen molar-refractivity contribution in [3.8, 4) is 0 Å². The van der Waals surface area contributed by atoms with Crippen LogP contribution in [0.4, 0.5) is 0 Å². The van der Waals surface area contributed by atoms with Crippen molar-refractivity contribution in [2.24, 2.45) is 7.05 Å². The number of sulfone groups is 1. The highest BCUT2D eigenvalue weighted by molar-refractivity contribution is 7.92. The van der Waals surface area contributed by atoms with Crippen LogP contribution in [0, 0.1) is 0 Å². The minimum atomic E-state index is -3.29. The lowest BCUT2D eigenvalue weighted by molar-refractivity contribution is -0.131. The number of amides is 1. The lowest BCUT2D eigenvalue weighted by Gasteiger charge is -2.40. The number of nitrogens with zero attached hydrogens (tertiary/aromatic N) is 4. The minimum absolute atomic E-state index is 0.00351. The third-order valence-corrected chi connectivity index (χ3v) is 5.76. The van der Waals surface area contributed by atoms with Crippen LogP contribution in [0.15, 0.2) is 12.4 Å². The fourth-order valence-corrected chi connectivity index (χ4v) is 3.51. The average molecular weight is 328 g/mol. The molecule has 0 radical (unpaired) electrons. The van der Waals surface area contributed by atoms with Gasteiger partial charge in [0.1, 0.15) is 11.6 Å². The first-order valence-corrected chi connectivity index (χ1v) is 9.39. The lowest BCUT2D eigenvalue weighted by Crippen LogP contribution is -2.52. The second-order valence-electron chi connectivity index (χ2n) is 5.56. The second-order valence-corrected chi connectivity index (χ2v) is 7.91. The molecule has 1 fully saturated rings. The monoisotopic (exact) mass is 328 g/mol. The van der Waals surface area contributed by atoms with Crippen molar-refractivity contribution in [1.29, 1.82) is 0 Å². The Hall–Kier alpha value is -1.41. The van der Waals surface area contributed by atoms with E-state index in [4.69, 9.17) is 0 Å². The second kappa shape index (κ2) is 6.78. The Bertz CT molecular complexity index is 626.